The molecular weight excluding hydrogens is 366 g/mol. The summed E-state index contributed by atoms with van der Waals surface area (Å²) < 4.78 is 0. The van der Waals surface area contributed by atoms with Crippen LogP contribution >= 0.6 is 11.8 Å². The molecule has 0 radical (unpaired) electrons. The number of carbonyl (C=O) groups excluding carboxylic acids is 4. The van der Waals surface area contributed by atoms with Crippen LogP contribution in [-0.2, 0) is 19.2 Å². The summed E-state index contributed by atoms with van der Waals surface area (Å²) in [6, 6.07) is 0. The van der Waals surface area contributed by atoms with E-state index in [1.54, 1.807) is 0 Å². The maximum Gasteiger partial charge on any atom is 0.239 e. The van der Waals surface area contributed by atoms with Gasteiger partial charge in [-0.2, -0.15) is 0 Å². The van der Waals surface area contributed by atoms with Gasteiger partial charge < -0.3 is 16.0 Å². The lowest BCUT2D eigenvalue weighted by Gasteiger charge is -2.08. The van der Waals surface area contributed by atoms with Crippen LogP contribution in [-0.4, -0.2) is 48.2 Å². The molecule has 0 fully saturated rings. The van der Waals surface area contributed by atoms with Gasteiger partial charge in [0.2, 0.25) is 17.7 Å². The number of nitrogens with one attached hydrogen (secondary N) is 3. The molecule has 0 rings (SSSR count). The number of hydrogen-bond donors (Lipinski definition) is 3. The molecule has 0 aliphatic carbocycles. The van der Waals surface area contributed by atoms with Gasteiger partial charge in [-0.05, 0) is 6.42 Å². The number of hydrogen-bond acceptors (Lipinski definition) is 5. The second-order valence-corrected chi connectivity index (χ2v) is 7.66. The van der Waals surface area contributed by atoms with Crippen LogP contribution in [0.4, 0.5) is 0 Å². The number of thioether (sulfide) groups is 1. The van der Waals surface area contributed by atoms with Crippen LogP contribution in [0, 0.1) is 0 Å². The molecule has 7 nitrogen and oxygen atoms in total. The molecule has 0 aromatic heterocycles. The Morgan fingerprint density at radius 3 is 1.70 bits per heavy atom. The van der Waals surface area contributed by atoms with Gasteiger partial charge in [-0.25, -0.2) is 0 Å². The highest BCUT2D eigenvalue weighted by Gasteiger charge is 2.08. The third kappa shape index (κ3) is 19.0. The second kappa shape index (κ2) is 17.8. The fourth-order valence-electron chi connectivity index (χ4n) is 2.36. The van der Waals surface area contributed by atoms with E-state index in [1.165, 1.54) is 51.9 Å². The van der Waals surface area contributed by atoms with Crippen molar-refractivity contribution < 1.29 is 19.2 Å². The van der Waals surface area contributed by atoms with Gasteiger partial charge in [0, 0.05) is 13.5 Å². The maximum absolute atomic E-state index is 11.6. The Morgan fingerprint density at radius 1 is 0.667 bits per heavy atom. The zero-order valence-electron chi connectivity index (χ0n) is 16.7. The normalized spacial score (nSPS) is 10.3. The first-order valence-electron chi connectivity index (χ1n) is 9.89. The molecular formula is C19H35N3O4S. The second-order valence-electron chi connectivity index (χ2n) is 6.51. The molecule has 156 valence electrons. The number of unbranched alkanes of at least 4 members (excludes halogenated alkanes) is 8. The predicted molar refractivity (Wildman–Crippen MR) is 109 cm³/mol. The van der Waals surface area contributed by atoms with Crippen molar-refractivity contribution in [3.63, 3.8) is 0 Å². The summed E-state index contributed by atoms with van der Waals surface area (Å²) in [5, 5.41) is 7.46. The zero-order chi connectivity index (χ0) is 20.3. The van der Waals surface area contributed by atoms with E-state index in [2.05, 4.69) is 22.9 Å². The lowest BCUT2D eigenvalue weighted by molar-refractivity contribution is -0.127. The molecule has 0 saturated heterocycles. The van der Waals surface area contributed by atoms with E-state index in [4.69, 9.17) is 0 Å². The molecule has 3 amide bonds. The Hall–Kier alpha value is -1.57. The van der Waals surface area contributed by atoms with Gasteiger partial charge in [0.25, 0.3) is 0 Å². The van der Waals surface area contributed by atoms with E-state index in [-0.39, 0.29) is 35.8 Å². The molecule has 0 bridgehead atoms. The van der Waals surface area contributed by atoms with Crippen LogP contribution in [0.25, 0.3) is 0 Å². The van der Waals surface area contributed by atoms with Crippen molar-refractivity contribution in [1.82, 2.24) is 16.0 Å². The smallest absolute Gasteiger partial charge is 0.239 e. The van der Waals surface area contributed by atoms with Crippen molar-refractivity contribution >= 4 is 34.6 Å². The number of rotatable bonds is 16. The van der Waals surface area contributed by atoms with Gasteiger partial charge in [-0.15, -0.1) is 0 Å². The zero-order valence-corrected chi connectivity index (χ0v) is 17.6. The Balaban J connectivity index is 3.48. The molecule has 8 heteroatoms. The number of amides is 3. The largest absolute Gasteiger partial charge is 0.355 e. The van der Waals surface area contributed by atoms with Crippen LogP contribution < -0.4 is 16.0 Å². The molecule has 3 N–H and O–H groups in total. The minimum absolute atomic E-state index is 0.0121. The fraction of sp³-hybridized carbons (Fsp3) is 0.789. The summed E-state index contributed by atoms with van der Waals surface area (Å²) >= 11 is 0.883. The SMILES string of the molecule is CCCCCCCCCCCNC(=O)CNC(=O)CNC(=O)CSC(C)=O. The average Bonchev–Trinajstić information content (AvgIpc) is 2.64. The minimum atomic E-state index is -0.436. The van der Waals surface area contributed by atoms with E-state index < -0.39 is 5.91 Å². The van der Waals surface area contributed by atoms with Gasteiger partial charge in [0.15, 0.2) is 5.12 Å². The van der Waals surface area contributed by atoms with Crippen LogP contribution in [0.15, 0.2) is 0 Å². The monoisotopic (exact) mass is 401 g/mol. The third-order valence-electron chi connectivity index (χ3n) is 3.90. The Morgan fingerprint density at radius 2 is 1.15 bits per heavy atom. The van der Waals surface area contributed by atoms with Crippen molar-refractivity contribution in [3.8, 4) is 0 Å². The van der Waals surface area contributed by atoms with Crippen molar-refractivity contribution in [2.75, 3.05) is 25.4 Å². The highest BCUT2D eigenvalue weighted by Crippen LogP contribution is 2.09. The van der Waals surface area contributed by atoms with Crippen molar-refractivity contribution in [2.24, 2.45) is 0 Å². The fourth-order valence-corrected chi connectivity index (χ4v) is 2.80. The first-order valence-corrected chi connectivity index (χ1v) is 10.9. The van der Waals surface area contributed by atoms with Crippen LogP contribution in [0.2, 0.25) is 0 Å². The first kappa shape index (κ1) is 25.4. The van der Waals surface area contributed by atoms with Crippen LogP contribution in [0.5, 0.6) is 0 Å². The Labute approximate surface area is 167 Å². The molecule has 0 unspecified atom stereocenters. The average molecular weight is 402 g/mol. The van der Waals surface area contributed by atoms with Gasteiger partial charge in [0.05, 0.1) is 18.8 Å². The molecule has 0 heterocycles. The van der Waals surface area contributed by atoms with Crippen molar-refractivity contribution in [2.45, 2.75) is 71.6 Å². The Bertz CT molecular complexity index is 458. The molecule has 0 aromatic rings. The van der Waals surface area contributed by atoms with Gasteiger partial charge in [-0.1, -0.05) is 70.1 Å². The third-order valence-corrected chi connectivity index (χ3v) is 4.71. The van der Waals surface area contributed by atoms with Crippen LogP contribution in [0.3, 0.4) is 0 Å². The van der Waals surface area contributed by atoms with E-state index in [9.17, 15) is 19.2 Å². The summed E-state index contributed by atoms with van der Waals surface area (Å²) in [5.74, 6) is -1.07. The quantitative estimate of drug-likeness (QED) is 0.344. The standard InChI is InChI=1S/C19H35N3O4S/c1-3-4-5-6-7-8-9-10-11-12-20-17(24)13-21-18(25)14-22-19(26)15-27-16(2)23/h3-15H2,1-2H3,(H,20,24)(H,21,25)(H,22,26). The summed E-state index contributed by atoms with van der Waals surface area (Å²) in [4.78, 5) is 45.3. The van der Waals surface area contributed by atoms with Crippen LogP contribution in [0.1, 0.15) is 71.6 Å². The topological polar surface area (TPSA) is 104 Å². The van der Waals surface area contributed by atoms with Crippen molar-refractivity contribution in [1.29, 1.82) is 0 Å². The lowest BCUT2D eigenvalue weighted by atomic mass is 10.1. The van der Waals surface area contributed by atoms with Gasteiger partial charge in [-0.3, -0.25) is 19.2 Å². The Kier molecular flexibility index (Phi) is 16.8. The number of carbonyl (C=O) groups is 4. The van der Waals surface area contributed by atoms with E-state index in [0.717, 1.165) is 24.6 Å². The van der Waals surface area contributed by atoms with E-state index >= 15 is 0 Å². The summed E-state index contributed by atoms with van der Waals surface area (Å²) in [6.45, 7) is 3.90. The lowest BCUT2D eigenvalue weighted by Crippen LogP contribution is -2.42. The highest BCUT2D eigenvalue weighted by atomic mass is 32.2. The van der Waals surface area contributed by atoms with E-state index in [1.807, 2.05) is 0 Å². The predicted octanol–water partition coefficient (Wildman–Crippen LogP) is 2.15. The molecule has 0 aromatic carbocycles. The molecule has 0 atom stereocenters. The maximum atomic E-state index is 11.6. The summed E-state index contributed by atoms with van der Waals surface area (Å²) in [7, 11) is 0. The molecule has 0 saturated carbocycles. The minimum Gasteiger partial charge on any atom is -0.355 e. The van der Waals surface area contributed by atoms with Gasteiger partial charge >= 0.3 is 0 Å². The molecule has 27 heavy (non-hydrogen) atoms. The molecule has 0 spiro atoms. The van der Waals surface area contributed by atoms with Gasteiger partial charge in [0.1, 0.15) is 0 Å². The highest BCUT2D eigenvalue weighted by molar-refractivity contribution is 8.14. The molecule has 0 aliphatic heterocycles. The van der Waals surface area contributed by atoms with Crippen molar-refractivity contribution in [3.05, 3.63) is 0 Å². The summed E-state index contributed by atoms with van der Waals surface area (Å²) in [6.07, 6.45) is 11.0. The van der Waals surface area contributed by atoms with E-state index in [0.29, 0.717) is 6.54 Å². The molecule has 0 aliphatic rings. The first-order chi connectivity index (χ1) is 13.0. The summed E-state index contributed by atoms with van der Waals surface area (Å²) in [5.41, 5.74) is 0.